The summed E-state index contributed by atoms with van der Waals surface area (Å²) in [6.07, 6.45) is -18.0. The standard InChI is InChI=1S/C28H28N2O11P2.C23H25N3O12P2.C22H22N2O13P2/c31-23-13-14-30(28(32)29-23)27-26-25(39-24(40-26)15-18-7-2-1-3-8-18)22(38-27)16-37-43(35,36)41-42(33,34)17-20-11-6-10-19-9-4-5-12-21(19)20;27-18-11-12-26(22(29)25-18)21-19(28)20(37-23(30)24-16-9-5-2-6-10-16)17(36-21)13-35-40(33,34)38-39(31,32)14-15-7-3-1-4-8-15;25-17-11-12-24(21(27)23-17)20-19(36-22(28)34-14-7-3-1-4-8-14)18(26)16(35-20)13-33-39(31,32)37-38(29,30)15-9-5-2-6-10-15/h1-14,22,24-27H,15-17H2,(H,33,34)(H,35,36)(H,29,31,32);1-12,17,19-21,28H,13-14H2,(H,24,30)(H,31,32)(H,33,34)(H,25,27,29);1-12,16,18-20,26H,13H2,(H,29,30)(H,31,32)(H,23,25,27)/p-6/t22-,24?,25+,26?,27-;17-,19?,20+,21-;16-,18+,19?,20-/m111/s1. The van der Waals surface area contributed by atoms with Gasteiger partial charge in [-0.1, -0.05) is 170 Å². The molecule has 0 aliphatic carbocycles. The molecule has 4 saturated heterocycles. The normalized spacial score (nSPS) is 24.6. The molecule has 19 atom stereocenters. The molecule has 3 aromatic heterocycles. The fraction of sp³-hybridized carbons (Fsp3) is 0.260. The van der Waals surface area contributed by atoms with Crippen molar-refractivity contribution in [1.29, 1.82) is 0 Å². The Morgan fingerprint density at radius 2 is 0.885 bits per heavy atom. The summed E-state index contributed by atoms with van der Waals surface area (Å²) in [6, 6.07) is 54.4. The van der Waals surface area contributed by atoms with Gasteiger partial charge in [-0.25, -0.2) is 24.0 Å². The van der Waals surface area contributed by atoms with Crippen LogP contribution in [0.15, 0.2) is 260 Å². The van der Waals surface area contributed by atoms with Crippen molar-refractivity contribution in [2.24, 2.45) is 0 Å². The monoisotopic (exact) mass is 1810 g/mol. The van der Waals surface area contributed by atoms with Crippen LogP contribution in [0.4, 0.5) is 15.3 Å². The second-order valence-corrected chi connectivity index (χ2v) is 36.6. The first kappa shape index (κ1) is 91.2. The third kappa shape index (κ3) is 24.7. The van der Waals surface area contributed by atoms with Gasteiger partial charge in [0.15, 0.2) is 44.8 Å². The number of benzene rings is 7. The van der Waals surface area contributed by atoms with Crippen molar-refractivity contribution in [3.05, 3.63) is 310 Å². The quantitative estimate of drug-likeness (QED) is 0.0223. The number of nitrogens with one attached hydrogen (secondary N) is 4. The average Bonchev–Trinajstić information content (AvgIpc) is 1.61. The van der Waals surface area contributed by atoms with E-state index in [0.717, 1.165) is 67.4 Å². The molecule has 49 heteroatoms. The number of H-pyrrole nitrogens is 3. The number of aliphatic hydroxyl groups excluding tert-OH is 2. The highest BCUT2D eigenvalue weighted by Gasteiger charge is 2.55. The second kappa shape index (κ2) is 39.7. The number of para-hydroxylation sites is 2. The highest BCUT2D eigenvalue weighted by atomic mass is 31.3. The molecular weight excluding hydrogens is 1740 g/mol. The largest absolute Gasteiger partial charge is 0.778 e. The van der Waals surface area contributed by atoms with Gasteiger partial charge in [0.05, 0.1) is 19.8 Å². The van der Waals surface area contributed by atoms with Crippen LogP contribution in [0.1, 0.15) is 35.4 Å². The predicted molar refractivity (Wildman–Crippen MR) is 410 cm³/mol. The van der Waals surface area contributed by atoms with E-state index in [-0.39, 0.29) is 11.3 Å². The van der Waals surface area contributed by atoms with E-state index in [9.17, 15) is 105 Å². The maximum Gasteiger partial charge on any atom is 0.514 e. The molecule has 0 spiro atoms. The van der Waals surface area contributed by atoms with Gasteiger partial charge in [0.1, 0.15) is 63.7 Å². The first-order valence-corrected chi connectivity index (χ1v) is 45.4. The minimum absolute atomic E-state index is 0.0958. The van der Waals surface area contributed by atoms with E-state index in [2.05, 4.69) is 27.8 Å². The number of phosphoric acid groups is 3. The summed E-state index contributed by atoms with van der Waals surface area (Å²) in [5.41, 5.74) is -2.95. The van der Waals surface area contributed by atoms with Gasteiger partial charge in [-0.05, 0) is 51.7 Å². The van der Waals surface area contributed by atoms with Crippen LogP contribution >= 0.6 is 46.3 Å². The topological polar surface area (TPSA) is 621 Å². The first-order valence-electron chi connectivity index (χ1n) is 36.0. The lowest BCUT2D eigenvalue weighted by Crippen LogP contribution is -2.41. The van der Waals surface area contributed by atoms with Gasteiger partial charge < -0.3 is 105 Å². The zero-order valence-corrected chi connectivity index (χ0v) is 67.9. The number of carbonyl (C=O) groups excluding carboxylic acids is 2. The van der Waals surface area contributed by atoms with Gasteiger partial charge in [-0.15, -0.1) is 0 Å². The molecule has 7 heterocycles. The molecule has 7 aromatic carbocycles. The Morgan fingerprint density at radius 1 is 0.434 bits per heavy atom. The van der Waals surface area contributed by atoms with E-state index < -0.39 is 210 Å². The molecule has 1 amide bonds. The number of aromatic nitrogens is 6. The highest BCUT2D eigenvalue weighted by Crippen LogP contribution is 2.59. The van der Waals surface area contributed by atoms with E-state index in [1.165, 1.54) is 48.7 Å². The molecule has 43 nitrogen and oxygen atoms in total. The molecule has 14 rings (SSSR count). The smallest absolute Gasteiger partial charge is 0.514 e. The fourth-order valence-corrected chi connectivity index (χ4v) is 20.4. The molecule has 0 bridgehead atoms. The van der Waals surface area contributed by atoms with Crippen molar-refractivity contribution >= 4 is 80.3 Å². The molecule has 122 heavy (non-hydrogen) atoms. The van der Waals surface area contributed by atoms with Crippen LogP contribution < -0.4 is 78.5 Å². The van der Waals surface area contributed by atoms with E-state index >= 15 is 0 Å². The molecule has 6 N–H and O–H groups in total. The van der Waals surface area contributed by atoms with Gasteiger partial charge in [-0.3, -0.25) is 75.0 Å². The van der Waals surface area contributed by atoms with Gasteiger partial charge in [0.2, 0.25) is 0 Å². The van der Waals surface area contributed by atoms with Crippen LogP contribution in [0, 0.1) is 0 Å². The van der Waals surface area contributed by atoms with Gasteiger partial charge in [-0.2, -0.15) is 0 Å². The van der Waals surface area contributed by atoms with E-state index in [4.69, 9.17) is 46.9 Å². The molecule has 4 aliphatic rings. The molecule has 648 valence electrons. The number of phosphoric ester groups is 3. The molecule has 0 radical (unpaired) electrons. The highest BCUT2D eigenvalue weighted by molar-refractivity contribution is 7.68. The zero-order chi connectivity index (χ0) is 87.3. The van der Waals surface area contributed by atoms with Crippen LogP contribution in [-0.4, -0.2) is 132 Å². The number of rotatable bonds is 29. The number of fused-ring (bicyclic) bond motifs is 2. The maximum atomic E-state index is 12.8. The van der Waals surface area contributed by atoms with Crippen LogP contribution in [0.5, 0.6) is 5.75 Å². The van der Waals surface area contributed by atoms with E-state index in [1.54, 1.807) is 109 Å². The lowest BCUT2D eigenvalue weighted by Gasteiger charge is -2.32. The van der Waals surface area contributed by atoms with Gasteiger partial charge >= 0.3 is 29.3 Å². The molecule has 4 fully saturated rings. The summed E-state index contributed by atoms with van der Waals surface area (Å²) in [4.78, 5) is 177. The Balaban J connectivity index is 0.000000168. The number of anilines is 1. The predicted octanol–water partition coefficient (Wildman–Crippen LogP) is 2.62. The SMILES string of the molecule is O=C(Nc1ccccc1)O[C@@H]1C(O)[C@H](n2ccc(=O)[nH]c2=O)O[C@@H]1COP(=O)([O-])OP(=O)([O-])Cc1ccccc1.O=C(Oc1ccccc1)OC1[C@@H](O)[C@@H](COP(=O)([O-])OP(=O)([O-])c2ccccc2)O[C@H]1n1ccc(=O)[nH]c1=O.O=c1ccn([C@@H]2O[C@H](COP(=O)([O-])OP(=O)([O-])Cc3cccc4ccccc34)[C@@H]3OC(Cc4ccccc4)OC32)c(=O)[nH]1. The number of aliphatic hydroxyl groups is 2. The zero-order valence-electron chi connectivity index (χ0n) is 62.5. The van der Waals surface area contributed by atoms with Crippen LogP contribution in [0.25, 0.3) is 10.8 Å². The van der Waals surface area contributed by atoms with Crippen molar-refractivity contribution < 1.29 is 141 Å². The maximum absolute atomic E-state index is 12.8. The van der Waals surface area contributed by atoms with Crippen molar-refractivity contribution in [3.63, 3.8) is 0 Å². The van der Waals surface area contributed by atoms with Crippen molar-refractivity contribution in [2.45, 2.75) is 98.7 Å². The Morgan fingerprint density at radius 3 is 1.46 bits per heavy atom. The number of nitrogens with zero attached hydrogens (tertiary/aromatic N) is 3. The third-order valence-electron chi connectivity index (χ3n) is 18.0. The van der Waals surface area contributed by atoms with Gasteiger partial charge in [0.25, 0.3) is 40.1 Å². The Labute approximate surface area is 686 Å². The van der Waals surface area contributed by atoms with Crippen molar-refractivity contribution in [3.8, 4) is 5.75 Å². The van der Waals surface area contributed by atoms with E-state index in [1.807, 2.05) is 40.3 Å². The number of hydrogen-bond acceptors (Lipinski definition) is 36. The minimum Gasteiger partial charge on any atom is -0.778 e. The number of ether oxygens (including phenoxy) is 8. The van der Waals surface area contributed by atoms with Crippen molar-refractivity contribution in [2.75, 3.05) is 25.1 Å². The van der Waals surface area contributed by atoms with Crippen LogP contribution in [0.3, 0.4) is 0 Å². The van der Waals surface area contributed by atoms with Crippen LogP contribution in [-0.2, 0) is 106 Å². The Hall–Kier alpha value is -10.0. The summed E-state index contributed by atoms with van der Waals surface area (Å²) in [5.74, 6) is 0.0958. The number of carbonyl (C=O) groups is 2. The first-order chi connectivity index (χ1) is 57.9. The Bertz CT molecular complexity index is 6010. The lowest BCUT2D eigenvalue weighted by atomic mass is 10.1. The number of hydrogen-bond donors (Lipinski definition) is 6. The van der Waals surface area contributed by atoms with Crippen molar-refractivity contribution in [1.82, 2.24) is 28.7 Å². The van der Waals surface area contributed by atoms with Gasteiger partial charge in [0, 0.05) is 66.5 Å². The molecular formula is C73H69N7O36P6-6. The lowest BCUT2D eigenvalue weighted by molar-refractivity contribution is -0.237. The number of amides is 1. The van der Waals surface area contributed by atoms with E-state index in [0.29, 0.717) is 23.1 Å². The summed E-state index contributed by atoms with van der Waals surface area (Å²) in [6.45, 7) is -2.66. The fourth-order valence-electron chi connectivity index (χ4n) is 12.7. The second-order valence-electron chi connectivity index (χ2n) is 26.6. The molecule has 4 aliphatic heterocycles. The molecule has 10 aromatic rings. The minimum atomic E-state index is -5.52. The molecule has 10 unspecified atom stereocenters. The number of aromatic amines is 3. The Kier molecular flexibility index (Phi) is 29.7. The summed E-state index contributed by atoms with van der Waals surface area (Å²) in [7, 11) is -31.5. The third-order valence-corrected chi connectivity index (χ3v) is 27.0. The summed E-state index contributed by atoms with van der Waals surface area (Å²) >= 11 is 0. The molecule has 0 saturated carbocycles. The van der Waals surface area contributed by atoms with Crippen LogP contribution in [0.2, 0.25) is 0 Å². The summed E-state index contributed by atoms with van der Waals surface area (Å²) < 4.78 is 149. The summed E-state index contributed by atoms with van der Waals surface area (Å²) in [5, 5.41) is 25.0. The average molecular weight is 1810 g/mol.